The molecule has 0 aliphatic carbocycles. The van der Waals surface area contributed by atoms with Crippen LogP contribution in [0.4, 0.5) is 11.5 Å². The number of aromatic nitrogens is 1. The lowest BCUT2D eigenvalue weighted by molar-refractivity contribution is -0.115. The van der Waals surface area contributed by atoms with Crippen LogP contribution in [0.5, 0.6) is 0 Å². The van der Waals surface area contributed by atoms with Crippen molar-refractivity contribution < 1.29 is 4.79 Å². The first-order valence-electron chi connectivity index (χ1n) is 7.79. The van der Waals surface area contributed by atoms with Gasteiger partial charge in [0.15, 0.2) is 0 Å². The molecule has 122 valence electrons. The number of hydrogen-bond donors (Lipinski definition) is 3. The van der Waals surface area contributed by atoms with Gasteiger partial charge in [0, 0.05) is 25.0 Å². The summed E-state index contributed by atoms with van der Waals surface area (Å²) in [4.78, 5) is 16.2. The van der Waals surface area contributed by atoms with Crippen LogP contribution in [0.2, 0.25) is 0 Å². The number of nitrogens with zero attached hydrogens (tertiary/aromatic N) is 1. The van der Waals surface area contributed by atoms with Crippen LogP contribution in [0.25, 0.3) is 0 Å². The second kappa shape index (κ2) is 8.29. The summed E-state index contributed by atoms with van der Waals surface area (Å²) in [6.07, 6.45) is 1.76. The Balaban J connectivity index is 1.68. The molecule has 0 bridgehead atoms. The second-order valence-electron chi connectivity index (χ2n) is 5.64. The number of aryl methyl sites for hydroxylation is 3. The van der Waals surface area contributed by atoms with Gasteiger partial charge in [-0.2, -0.15) is 0 Å². The molecule has 0 saturated heterocycles. The minimum atomic E-state index is -0.0361. The maximum Gasteiger partial charge on any atom is 0.238 e. The molecule has 5 heteroatoms. The first kappa shape index (κ1) is 17.0. The van der Waals surface area contributed by atoms with Crippen molar-refractivity contribution in [1.82, 2.24) is 10.3 Å². The quantitative estimate of drug-likeness (QED) is 0.688. The van der Waals surface area contributed by atoms with E-state index < -0.39 is 0 Å². The van der Waals surface area contributed by atoms with Crippen molar-refractivity contribution in [2.24, 2.45) is 0 Å². The first-order chi connectivity index (χ1) is 11.1. The zero-order chi connectivity index (χ0) is 16.7. The van der Waals surface area contributed by atoms with E-state index >= 15 is 0 Å². The van der Waals surface area contributed by atoms with E-state index in [0.717, 1.165) is 22.6 Å². The molecule has 2 rings (SSSR count). The van der Waals surface area contributed by atoms with Crippen LogP contribution < -0.4 is 16.0 Å². The molecule has 0 aliphatic rings. The van der Waals surface area contributed by atoms with Gasteiger partial charge in [0.05, 0.1) is 6.54 Å². The van der Waals surface area contributed by atoms with Crippen LogP contribution in [0.1, 0.15) is 16.7 Å². The standard InChI is InChI=1S/C18H24N4O/c1-13-6-7-16(15(3)11-13)22-17(23)12-19-9-10-21-18-14(2)5-4-8-20-18/h4-8,11,19H,9-10,12H2,1-3H3,(H,20,21)(H,22,23). The van der Waals surface area contributed by atoms with E-state index in [4.69, 9.17) is 0 Å². The number of amides is 1. The number of anilines is 2. The molecule has 1 aromatic heterocycles. The summed E-state index contributed by atoms with van der Waals surface area (Å²) in [7, 11) is 0. The zero-order valence-corrected chi connectivity index (χ0v) is 13.9. The van der Waals surface area contributed by atoms with Gasteiger partial charge in [-0.3, -0.25) is 4.79 Å². The normalized spacial score (nSPS) is 10.4. The van der Waals surface area contributed by atoms with Gasteiger partial charge in [0.25, 0.3) is 0 Å². The third-order valence-corrected chi connectivity index (χ3v) is 3.55. The molecule has 1 aromatic carbocycles. The summed E-state index contributed by atoms with van der Waals surface area (Å²) in [6.45, 7) is 7.74. The zero-order valence-electron chi connectivity index (χ0n) is 13.9. The lowest BCUT2D eigenvalue weighted by Crippen LogP contribution is -2.31. The van der Waals surface area contributed by atoms with E-state index in [1.165, 1.54) is 5.56 Å². The van der Waals surface area contributed by atoms with Gasteiger partial charge in [-0.05, 0) is 44.0 Å². The predicted octanol–water partition coefficient (Wildman–Crippen LogP) is 2.65. The van der Waals surface area contributed by atoms with Gasteiger partial charge in [-0.1, -0.05) is 23.8 Å². The third kappa shape index (κ3) is 5.38. The minimum absolute atomic E-state index is 0.0361. The molecule has 0 atom stereocenters. The van der Waals surface area contributed by atoms with Crippen molar-refractivity contribution in [3.8, 4) is 0 Å². The van der Waals surface area contributed by atoms with E-state index in [1.807, 2.05) is 45.0 Å². The Morgan fingerprint density at radius 3 is 2.65 bits per heavy atom. The van der Waals surface area contributed by atoms with Crippen molar-refractivity contribution in [2.45, 2.75) is 20.8 Å². The van der Waals surface area contributed by atoms with Gasteiger partial charge in [0.1, 0.15) is 5.82 Å². The molecule has 0 fully saturated rings. The minimum Gasteiger partial charge on any atom is -0.369 e. The Kier molecular flexibility index (Phi) is 6.11. The molecule has 1 amide bonds. The monoisotopic (exact) mass is 312 g/mol. The highest BCUT2D eigenvalue weighted by molar-refractivity contribution is 5.92. The van der Waals surface area contributed by atoms with Gasteiger partial charge < -0.3 is 16.0 Å². The highest BCUT2D eigenvalue weighted by Gasteiger charge is 2.04. The number of carbonyl (C=O) groups is 1. The lowest BCUT2D eigenvalue weighted by atomic mass is 10.1. The maximum absolute atomic E-state index is 11.9. The Hall–Kier alpha value is -2.40. The van der Waals surface area contributed by atoms with Crippen molar-refractivity contribution in [3.63, 3.8) is 0 Å². The fourth-order valence-corrected chi connectivity index (χ4v) is 2.29. The van der Waals surface area contributed by atoms with Crippen molar-refractivity contribution >= 4 is 17.4 Å². The Morgan fingerprint density at radius 2 is 1.91 bits per heavy atom. The first-order valence-corrected chi connectivity index (χ1v) is 7.79. The third-order valence-electron chi connectivity index (χ3n) is 3.55. The lowest BCUT2D eigenvalue weighted by Gasteiger charge is -2.11. The molecule has 23 heavy (non-hydrogen) atoms. The van der Waals surface area contributed by atoms with E-state index in [-0.39, 0.29) is 12.5 Å². The topological polar surface area (TPSA) is 66.1 Å². The van der Waals surface area contributed by atoms with Crippen LogP contribution in [0, 0.1) is 20.8 Å². The number of pyridine rings is 1. The fourth-order valence-electron chi connectivity index (χ4n) is 2.29. The summed E-state index contributed by atoms with van der Waals surface area (Å²) in [5.74, 6) is 0.847. The second-order valence-corrected chi connectivity index (χ2v) is 5.64. The number of rotatable bonds is 7. The molecule has 0 radical (unpaired) electrons. The molecular weight excluding hydrogens is 288 g/mol. The van der Waals surface area contributed by atoms with Crippen LogP contribution in [0.15, 0.2) is 36.5 Å². The van der Waals surface area contributed by atoms with Crippen LogP contribution in [0.3, 0.4) is 0 Å². The Morgan fingerprint density at radius 1 is 1.09 bits per heavy atom. The maximum atomic E-state index is 11.9. The summed E-state index contributed by atoms with van der Waals surface area (Å²) >= 11 is 0. The average molecular weight is 312 g/mol. The highest BCUT2D eigenvalue weighted by atomic mass is 16.1. The SMILES string of the molecule is Cc1ccc(NC(=O)CNCCNc2ncccc2C)c(C)c1. The van der Waals surface area contributed by atoms with E-state index in [2.05, 4.69) is 27.0 Å². The number of carbonyl (C=O) groups excluding carboxylic acids is 1. The Bertz CT molecular complexity index is 670. The van der Waals surface area contributed by atoms with Crippen LogP contribution >= 0.6 is 0 Å². The van der Waals surface area contributed by atoms with Gasteiger partial charge in [-0.15, -0.1) is 0 Å². The van der Waals surface area contributed by atoms with Crippen LogP contribution in [-0.2, 0) is 4.79 Å². The van der Waals surface area contributed by atoms with Gasteiger partial charge >= 0.3 is 0 Å². The van der Waals surface area contributed by atoms with Gasteiger partial charge in [0.2, 0.25) is 5.91 Å². The predicted molar refractivity (Wildman–Crippen MR) is 94.9 cm³/mol. The van der Waals surface area contributed by atoms with Crippen LogP contribution in [-0.4, -0.2) is 30.5 Å². The molecular formula is C18H24N4O. The largest absolute Gasteiger partial charge is 0.369 e. The van der Waals surface area contributed by atoms with Crippen molar-refractivity contribution in [3.05, 3.63) is 53.2 Å². The van der Waals surface area contributed by atoms with Gasteiger partial charge in [-0.25, -0.2) is 4.98 Å². The molecule has 1 heterocycles. The van der Waals surface area contributed by atoms with Crippen molar-refractivity contribution in [2.75, 3.05) is 30.3 Å². The Labute approximate surface area is 137 Å². The summed E-state index contributed by atoms with van der Waals surface area (Å²) < 4.78 is 0. The fraction of sp³-hybridized carbons (Fsp3) is 0.333. The van der Waals surface area contributed by atoms with E-state index in [1.54, 1.807) is 6.20 Å². The highest BCUT2D eigenvalue weighted by Crippen LogP contribution is 2.15. The van der Waals surface area contributed by atoms with E-state index in [9.17, 15) is 4.79 Å². The number of hydrogen-bond acceptors (Lipinski definition) is 4. The molecule has 2 aromatic rings. The molecule has 0 aliphatic heterocycles. The number of nitrogens with one attached hydrogen (secondary N) is 3. The molecule has 0 saturated carbocycles. The van der Waals surface area contributed by atoms with Crippen molar-refractivity contribution in [1.29, 1.82) is 0 Å². The molecule has 0 spiro atoms. The molecule has 3 N–H and O–H groups in total. The summed E-state index contributed by atoms with van der Waals surface area (Å²) in [6, 6.07) is 9.92. The smallest absolute Gasteiger partial charge is 0.238 e. The average Bonchev–Trinajstić information content (AvgIpc) is 2.51. The summed E-state index contributed by atoms with van der Waals surface area (Å²) in [5.41, 5.74) is 4.24. The molecule has 5 nitrogen and oxygen atoms in total. The number of benzene rings is 1. The molecule has 0 unspecified atom stereocenters. The summed E-state index contributed by atoms with van der Waals surface area (Å²) in [5, 5.41) is 9.29. The van der Waals surface area contributed by atoms with E-state index in [0.29, 0.717) is 13.1 Å².